The van der Waals surface area contributed by atoms with Gasteiger partial charge in [-0.05, 0) is 30.4 Å². The molecule has 0 aliphatic rings. The van der Waals surface area contributed by atoms with E-state index >= 15 is 0 Å². The number of rotatable bonds is 7. The molecule has 0 saturated heterocycles. The first kappa shape index (κ1) is 18.8. The molecule has 26 heavy (non-hydrogen) atoms. The number of nitro groups is 1. The van der Waals surface area contributed by atoms with Crippen LogP contribution in [0.3, 0.4) is 0 Å². The van der Waals surface area contributed by atoms with E-state index in [0.29, 0.717) is 5.75 Å². The number of carbonyl (C=O) groups is 1. The van der Waals surface area contributed by atoms with Gasteiger partial charge in [-0.25, -0.2) is 0 Å². The van der Waals surface area contributed by atoms with Gasteiger partial charge in [0.05, 0.1) is 31.8 Å². The number of nitrogens with zero attached hydrogens (tertiary/aromatic N) is 1. The number of phenolic OH excluding ortho intramolecular Hbond substituents is 1. The van der Waals surface area contributed by atoms with Gasteiger partial charge in [-0.1, -0.05) is 0 Å². The fraction of sp³-hybridized carbons (Fsp3) is 0.167. The number of ether oxygens (including phenoxy) is 3. The lowest BCUT2D eigenvalue weighted by atomic mass is 10.1. The summed E-state index contributed by atoms with van der Waals surface area (Å²) in [6.45, 7) is 0. The minimum atomic E-state index is -0.587. The van der Waals surface area contributed by atoms with Crippen molar-refractivity contribution in [1.82, 2.24) is 0 Å². The highest BCUT2D eigenvalue weighted by Gasteiger charge is 2.19. The number of allylic oxidation sites excluding steroid dienone is 1. The van der Waals surface area contributed by atoms with E-state index in [0.717, 1.165) is 0 Å². The number of ketones is 1. The minimum absolute atomic E-state index is 0.145. The molecule has 2 aromatic carbocycles. The van der Waals surface area contributed by atoms with Gasteiger partial charge in [0.2, 0.25) is 5.75 Å². The van der Waals surface area contributed by atoms with E-state index in [-0.39, 0.29) is 34.1 Å². The van der Waals surface area contributed by atoms with Crippen molar-refractivity contribution < 1.29 is 29.0 Å². The molecule has 0 saturated carbocycles. The van der Waals surface area contributed by atoms with Crippen molar-refractivity contribution in [3.8, 4) is 23.0 Å². The maximum atomic E-state index is 12.5. The molecule has 0 fully saturated rings. The third-order valence-electron chi connectivity index (χ3n) is 3.61. The number of methoxy groups -OCH3 is 3. The lowest BCUT2D eigenvalue weighted by Gasteiger charge is -2.14. The van der Waals surface area contributed by atoms with Crippen molar-refractivity contribution in [3.63, 3.8) is 0 Å². The molecule has 0 aliphatic carbocycles. The summed E-state index contributed by atoms with van der Waals surface area (Å²) in [5, 5.41) is 20.6. The van der Waals surface area contributed by atoms with Crippen LogP contribution in [0.1, 0.15) is 15.9 Å². The molecule has 8 heteroatoms. The average molecular weight is 359 g/mol. The maximum absolute atomic E-state index is 12.5. The van der Waals surface area contributed by atoms with E-state index in [2.05, 4.69) is 0 Å². The molecule has 0 radical (unpaired) electrons. The maximum Gasteiger partial charge on any atom is 0.270 e. The molecule has 136 valence electrons. The highest BCUT2D eigenvalue weighted by atomic mass is 16.6. The number of hydrogen-bond acceptors (Lipinski definition) is 7. The molecule has 0 unspecified atom stereocenters. The van der Waals surface area contributed by atoms with Crippen LogP contribution in [0.4, 0.5) is 5.69 Å². The molecule has 0 amide bonds. The fourth-order valence-electron chi connectivity index (χ4n) is 2.34. The van der Waals surface area contributed by atoms with E-state index in [1.165, 1.54) is 57.7 Å². The van der Waals surface area contributed by atoms with Gasteiger partial charge in [-0.15, -0.1) is 0 Å². The Bertz CT molecular complexity index is 874. The van der Waals surface area contributed by atoms with Gasteiger partial charge in [0.1, 0.15) is 5.75 Å². The predicted octanol–water partition coefficient (Wildman–Crippen LogP) is 3.22. The predicted molar refractivity (Wildman–Crippen MR) is 94.2 cm³/mol. The molecule has 0 aromatic heterocycles. The van der Waals surface area contributed by atoms with Crippen LogP contribution in [0.2, 0.25) is 0 Å². The Balaban J connectivity index is 2.40. The van der Waals surface area contributed by atoms with E-state index in [9.17, 15) is 20.0 Å². The van der Waals surface area contributed by atoms with Crippen LogP contribution >= 0.6 is 0 Å². The van der Waals surface area contributed by atoms with Crippen LogP contribution in [0, 0.1) is 10.1 Å². The van der Waals surface area contributed by atoms with Crippen LogP contribution in [0.15, 0.2) is 36.4 Å². The molecule has 0 aliphatic heterocycles. The minimum Gasteiger partial charge on any atom is -0.507 e. The summed E-state index contributed by atoms with van der Waals surface area (Å²) in [6, 6.07) is 6.61. The Morgan fingerprint density at radius 1 is 1.08 bits per heavy atom. The highest BCUT2D eigenvalue weighted by Crippen LogP contribution is 2.40. The first-order valence-electron chi connectivity index (χ1n) is 7.41. The zero-order valence-corrected chi connectivity index (χ0v) is 14.4. The van der Waals surface area contributed by atoms with E-state index in [1.807, 2.05) is 0 Å². The third-order valence-corrected chi connectivity index (χ3v) is 3.61. The number of hydrogen-bond donors (Lipinski definition) is 1. The zero-order valence-electron chi connectivity index (χ0n) is 14.4. The molecule has 1 N–H and O–H groups in total. The van der Waals surface area contributed by atoms with Gasteiger partial charge in [0, 0.05) is 17.7 Å². The molecule has 0 atom stereocenters. The largest absolute Gasteiger partial charge is 0.507 e. The van der Waals surface area contributed by atoms with Gasteiger partial charge < -0.3 is 19.3 Å². The molecule has 2 aromatic rings. The van der Waals surface area contributed by atoms with Crippen LogP contribution < -0.4 is 14.2 Å². The van der Waals surface area contributed by atoms with Crippen LogP contribution in [0.5, 0.6) is 23.0 Å². The second-order valence-electron chi connectivity index (χ2n) is 5.08. The number of benzene rings is 2. The summed E-state index contributed by atoms with van der Waals surface area (Å²) in [5.41, 5.74) is 0.164. The molecule has 0 bridgehead atoms. The van der Waals surface area contributed by atoms with Crippen molar-refractivity contribution in [2.75, 3.05) is 21.3 Å². The second kappa shape index (κ2) is 8.02. The fourth-order valence-corrected chi connectivity index (χ4v) is 2.34. The number of non-ortho nitro benzene ring substituents is 1. The number of nitro benzene ring substituents is 1. The molecular weight excluding hydrogens is 342 g/mol. The first-order chi connectivity index (χ1) is 12.4. The number of aromatic hydroxyl groups is 1. The Labute approximate surface area is 149 Å². The van der Waals surface area contributed by atoms with Crippen molar-refractivity contribution in [1.29, 1.82) is 0 Å². The lowest BCUT2D eigenvalue weighted by Crippen LogP contribution is -2.02. The number of carbonyl (C=O) groups excluding carboxylic acids is 1. The molecule has 0 heterocycles. The molecule has 2 rings (SSSR count). The summed E-state index contributed by atoms with van der Waals surface area (Å²) in [4.78, 5) is 22.8. The van der Waals surface area contributed by atoms with E-state index in [1.54, 1.807) is 6.07 Å². The molecule has 0 spiro atoms. The van der Waals surface area contributed by atoms with Gasteiger partial charge in [-0.3, -0.25) is 14.9 Å². The van der Waals surface area contributed by atoms with Crippen molar-refractivity contribution in [2.24, 2.45) is 0 Å². The van der Waals surface area contributed by atoms with Crippen LogP contribution in [-0.4, -0.2) is 37.1 Å². The summed E-state index contributed by atoms with van der Waals surface area (Å²) < 4.78 is 15.7. The Morgan fingerprint density at radius 3 is 2.35 bits per heavy atom. The second-order valence-corrected chi connectivity index (χ2v) is 5.08. The first-order valence-corrected chi connectivity index (χ1v) is 7.41. The van der Waals surface area contributed by atoms with Gasteiger partial charge >= 0.3 is 0 Å². The molecular formula is C18H17NO7. The van der Waals surface area contributed by atoms with Gasteiger partial charge in [-0.2, -0.15) is 0 Å². The average Bonchev–Trinajstić information content (AvgIpc) is 2.65. The van der Waals surface area contributed by atoms with Crippen molar-refractivity contribution >= 4 is 17.5 Å². The highest BCUT2D eigenvalue weighted by molar-refractivity contribution is 6.09. The Hall–Kier alpha value is -3.55. The summed E-state index contributed by atoms with van der Waals surface area (Å²) in [5.74, 6) is 0.256. The van der Waals surface area contributed by atoms with Crippen LogP contribution in [-0.2, 0) is 0 Å². The summed E-state index contributed by atoms with van der Waals surface area (Å²) >= 11 is 0. The Kier molecular flexibility index (Phi) is 5.79. The molecule has 8 nitrogen and oxygen atoms in total. The smallest absolute Gasteiger partial charge is 0.270 e. The van der Waals surface area contributed by atoms with E-state index < -0.39 is 10.7 Å². The third kappa shape index (κ3) is 3.75. The zero-order chi connectivity index (χ0) is 19.3. The van der Waals surface area contributed by atoms with Crippen LogP contribution in [0.25, 0.3) is 6.08 Å². The summed E-state index contributed by atoms with van der Waals surface area (Å²) in [7, 11) is 4.28. The Morgan fingerprint density at radius 2 is 1.77 bits per heavy atom. The van der Waals surface area contributed by atoms with Gasteiger partial charge in [0.25, 0.3) is 5.69 Å². The summed E-state index contributed by atoms with van der Waals surface area (Å²) in [6.07, 6.45) is 2.48. The number of phenols is 1. The standard InChI is InChI=1S/C18H17NO7/c1-24-16-9-6-13(17(25-2)18(16)26-3)15(21)7-4-11-10-12(19(22)23)5-8-14(11)20/h4-10,20H,1-3H3/b7-4+. The lowest BCUT2D eigenvalue weighted by molar-refractivity contribution is -0.384. The monoisotopic (exact) mass is 359 g/mol. The topological polar surface area (TPSA) is 108 Å². The van der Waals surface area contributed by atoms with Crippen molar-refractivity contribution in [3.05, 3.63) is 57.6 Å². The van der Waals surface area contributed by atoms with Gasteiger partial charge in [0.15, 0.2) is 17.3 Å². The van der Waals surface area contributed by atoms with E-state index in [4.69, 9.17) is 14.2 Å². The van der Waals surface area contributed by atoms with Crippen molar-refractivity contribution in [2.45, 2.75) is 0 Å². The normalized spacial score (nSPS) is 10.6. The SMILES string of the molecule is COc1ccc(C(=O)/C=C/c2cc([N+](=O)[O-])ccc2O)c(OC)c1OC. The quantitative estimate of drug-likeness (QED) is 0.350.